The molecule has 6 nitrogen and oxygen atoms in total. The van der Waals surface area contributed by atoms with Crippen LogP contribution in [0.4, 0.5) is 10.1 Å². The van der Waals surface area contributed by atoms with Gasteiger partial charge in [0, 0.05) is 7.05 Å². The standard InChI is InChI=1S/C19H20FN3O3S/c1-14-18(19(24)23(21(14)2)17-7-5-4-6-8-17)22(27(3,25)26)13-15-9-11-16(20)12-10-15/h4-12H,13H2,1-3H3. The fourth-order valence-corrected chi connectivity index (χ4v) is 3.88. The summed E-state index contributed by atoms with van der Waals surface area (Å²) >= 11 is 0. The van der Waals surface area contributed by atoms with Crippen molar-refractivity contribution in [3.8, 4) is 5.69 Å². The van der Waals surface area contributed by atoms with Gasteiger partial charge in [0.2, 0.25) is 10.0 Å². The van der Waals surface area contributed by atoms with Crippen LogP contribution in [0.15, 0.2) is 59.4 Å². The molecule has 3 rings (SSSR count). The molecule has 0 aliphatic rings. The van der Waals surface area contributed by atoms with E-state index in [1.54, 1.807) is 42.9 Å². The van der Waals surface area contributed by atoms with E-state index in [2.05, 4.69) is 0 Å². The Bertz CT molecular complexity index is 1120. The van der Waals surface area contributed by atoms with Gasteiger partial charge in [-0.15, -0.1) is 0 Å². The molecular weight excluding hydrogens is 369 g/mol. The number of aromatic nitrogens is 2. The number of halogens is 1. The van der Waals surface area contributed by atoms with Gasteiger partial charge in [-0.1, -0.05) is 30.3 Å². The molecule has 27 heavy (non-hydrogen) atoms. The zero-order chi connectivity index (χ0) is 19.8. The molecule has 0 radical (unpaired) electrons. The number of anilines is 1. The Kier molecular flexibility index (Phi) is 4.93. The summed E-state index contributed by atoms with van der Waals surface area (Å²) in [7, 11) is -2.04. The predicted octanol–water partition coefficient (Wildman–Crippen LogP) is 2.59. The van der Waals surface area contributed by atoms with Gasteiger partial charge in [0.15, 0.2) is 0 Å². The summed E-state index contributed by atoms with van der Waals surface area (Å²) in [6, 6.07) is 14.5. The third-order valence-electron chi connectivity index (χ3n) is 4.41. The molecule has 0 spiro atoms. The minimum absolute atomic E-state index is 0.0615. The Morgan fingerprint density at radius 3 is 2.19 bits per heavy atom. The second-order valence-corrected chi connectivity index (χ2v) is 8.21. The van der Waals surface area contributed by atoms with Gasteiger partial charge in [-0.3, -0.25) is 13.8 Å². The number of benzene rings is 2. The minimum Gasteiger partial charge on any atom is -0.283 e. The zero-order valence-corrected chi connectivity index (χ0v) is 16.1. The Balaban J connectivity index is 2.16. The lowest BCUT2D eigenvalue weighted by atomic mass is 10.2. The van der Waals surface area contributed by atoms with Gasteiger partial charge in [0.1, 0.15) is 11.5 Å². The van der Waals surface area contributed by atoms with Crippen molar-refractivity contribution in [3.63, 3.8) is 0 Å². The molecule has 0 bridgehead atoms. The van der Waals surface area contributed by atoms with Gasteiger partial charge >= 0.3 is 0 Å². The van der Waals surface area contributed by atoms with E-state index in [4.69, 9.17) is 0 Å². The summed E-state index contributed by atoms with van der Waals surface area (Å²) in [5.74, 6) is -0.410. The van der Waals surface area contributed by atoms with Crippen molar-refractivity contribution in [2.45, 2.75) is 13.5 Å². The molecule has 1 aromatic heterocycles. The molecule has 1 heterocycles. The van der Waals surface area contributed by atoms with Crippen LogP contribution in [-0.2, 0) is 23.6 Å². The molecule has 0 unspecified atom stereocenters. The van der Waals surface area contributed by atoms with E-state index in [1.165, 1.54) is 28.9 Å². The predicted molar refractivity (Wildman–Crippen MR) is 103 cm³/mol. The number of sulfonamides is 1. The quantitative estimate of drug-likeness (QED) is 0.674. The lowest BCUT2D eigenvalue weighted by Gasteiger charge is -2.21. The molecule has 142 valence electrons. The average molecular weight is 389 g/mol. The second-order valence-electron chi connectivity index (χ2n) is 6.31. The van der Waals surface area contributed by atoms with Gasteiger partial charge in [0.05, 0.1) is 24.2 Å². The third kappa shape index (κ3) is 3.66. The fraction of sp³-hybridized carbons (Fsp3) is 0.211. The smallest absolute Gasteiger partial charge is 0.283 e. The molecule has 0 amide bonds. The SMILES string of the molecule is Cc1c(N(Cc2ccc(F)cc2)S(C)(=O)=O)c(=O)n(-c2ccccc2)n1C. The Morgan fingerprint density at radius 1 is 1.04 bits per heavy atom. The van der Waals surface area contributed by atoms with Crippen LogP contribution in [0, 0.1) is 12.7 Å². The van der Waals surface area contributed by atoms with Gasteiger partial charge in [-0.05, 0) is 36.8 Å². The van der Waals surface area contributed by atoms with Crippen LogP contribution >= 0.6 is 0 Å². The van der Waals surface area contributed by atoms with E-state index in [9.17, 15) is 17.6 Å². The highest BCUT2D eigenvalue weighted by molar-refractivity contribution is 7.92. The molecule has 0 atom stereocenters. The van der Waals surface area contributed by atoms with E-state index in [-0.39, 0.29) is 12.2 Å². The minimum atomic E-state index is -3.74. The number of rotatable bonds is 5. The molecule has 0 fully saturated rings. The maximum atomic E-state index is 13.2. The Hall–Kier alpha value is -2.87. The maximum Gasteiger partial charge on any atom is 0.296 e. The second kappa shape index (κ2) is 7.03. The van der Waals surface area contributed by atoms with Crippen LogP contribution in [0.5, 0.6) is 0 Å². The Labute approximate surface area is 157 Å². The van der Waals surface area contributed by atoms with Gasteiger partial charge in [-0.2, -0.15) is 0 Å². The van der Waals surface area contributed by atoms with Crippen molar-refractivity contribution in [1.82, 2.24) is 9.36 Å². The first-order valence-corrected chi connectivity index (χ1v) is 10.1. The van der Waals surface area contributed by atoms with E-state index in [0.717, 1.165) is 10.6 Å². The summed E-state index contributed by atoms with van der Waals surface area (Å²) < 4.78 is 42.2. The van der Waals surface area contributed by atoms with Crippen molar-refractivity contribution in [2.24, 2.45) is 7.05 Å². The van der Waals surface area contributed by atoms with E-state index in [1.807, 2.05) is 6.07 Å². The van der Waals surface area contributed by atoms with Crippen molar-refractivity contribution in [2.75, 3.05) is 10.6 Å². The zero-order valence-electron chi connectivity index (χ0n) is 15.3. The lowest BCUT2D eigenvalue weighted by Crippen LogP contribution is -2.34. The summed E-state index contributed by atoms with van der Waals surface area (Å²) in [5.41, 5.74) is 1.36. The summed E-state index contributed by atoms with van der Waals surface area (Å²) in [5, 5.41) is 0. The first-order chi connectivity index (χ1) is 12.7. The van der Waals surface area contributed by atoms with Crippen LogP contribution in [0.3, 0.4) is 0 Å². The highest BCUT2D eigenvalue weighted by atomic mass is 32.2. The van der Waals surface area contributed by atoms with Crippen molar-refractivity contribution in [1.29, 1.82) is 0 Å². The highest BCUT2D eigenvalue weighted by Crippen LogP contribution is 2.23. The van der Waals surface area contributed by atoms with Crippen LogP contribution in [0.2, 0.25) is 0 Å². The summed E-state index contributed by atoms with van der Waals surface area (Å²) in [4.78, 5) is 13.1. The van der Waals surface area contributed by atoms with Gasteiger partial charge < -0.3 is 0 Å². The van der Waals surface area contributed by atoms with Crippen LogP contribution in [-0.4, -0.2) is 24.0 Å². The number of para-hydroxylation sites is 1. The monoisotopic (exact) mass is 389 g/mol. The van der Waals surface area contributed by atoms with E-state index >= 15 is 0 Å². The summed E-state index contributed by atoms with van der Waals surface area (Å²) in [6.45, 7) is 1.63. The first kappa shape index (κ1) is 18.9. The molecule has 8 heteroatoms. The largest absolute Gasteiger partial charge is 0.296 e. The number of hydrogen-bond donors (Lipinski definition) is 0. The third-order valence-corrected chi connectivity index (χ3v) is 5.53. The van der Waals surface area contributed by atoms with Crippen molar-refractivity contribution >= 4 is 15.7 Å². The van der Waals surface area contributed by atoms with E-state index in [0.29, 0.717) is 16.9 Å². The molecule has 2 aromatic carbocycles. The van der Waals surface area contributed by atoms with Crippen LogP contribution < -0.4 is 9.86 Å². The molecule has 0 aliphatic carbocycles. The number of hydrogen-bond acceptors (Lipinski definition) is 3. The molecule has 0 saturated heterocycles. The van der Waals surface area contributed by atoms with Crippen LogP contribution in [0.1, 0.15) is 11.3 Å². The molecule has 0 saturated carbocycles. The lowest BCUT2D eigenvalue weighted by molar-refractivity contribution is 0.596. The Morgan fingerprint density at radius 2 is 1.63 bits per heavy atom. The first-order valence-electron chi connectivity index (χ1n) is 8.26. The fourth-order valence-electron chi connectivity index (χ4n) is 2.96. The molecule has 3 aromatic rings. The van der Waals surface area contributed by atoms with E-state index < -0.39 is 21.4 Å². The van der Waals surface area contributed by atoms with Crippen molar-refractivity contribution < 1.29 is 12.8 Å². The number of nitrogens with zero attached hydrogens (tertiary/aromatic N) is 3. The normalized spacial score (nSPS) is 11.6. The van der Waals surface area contributed by atoms with Crippen LogP contribution in [0.25, 0.3) is 5.69 Å². The molecule has 0 N–H and O–H groups in total. The maximum absolute atomic E-state index is 13.2. The molecule has 0 aliphatic heterocycles. The highest BCUT2D eigenvalue weighted by Gasteiger charge is 2.27. The average Bonchev–Trinajstić information content (AvgIpc) is 2.84. The summed E-state index contributed by atoms with van der Waals surface area (Å²) in [6.07, 6.45) is 1.05. The molecular formula is C19H20FN3O3S. The van der Waals surface area contributed by atoms with Gasteiger partial charge in [-0.25, -0.2) is 17.5 Å². The van der Waals surface area contributed by atoms with Gasteiger partial charge in [0.25, 0.3) is 5.56 Å². The topological polar surface area (TPSA) is 64.3 Å². The van der Waals surface area contributed by atoms with Crippen molar-refractivity contribution in [3.05, 3.63) is 82.0 Å².